The predicted octanol–water partition coefficient (Wildman–Crippen LogP) is 2.03. The lowest BCUT2D eigenvalue weighted by Crippen LogP contribution is -2.05. The van der Waals surface area contributed by atoms with E-state index in [1.807, 2.05) is 13.0 Å². The van der Waals surface area contributed by atoms with Gasteiger partial charge in [-0.25, -0.2) is 0 Å². The number of rotatable bonds is 2. The third-order valence-corrected chi connectivity index (χ3v) is 2.73. The molecule has 1 aromatic carbocycles. The number of fused-ring (bicyclic) bond motifs is 1. The average Bonchev–Trinajstić information content (AvgIpc) is 2.61. The second kappa shape index (κ2) is 4.37. The van der Waals surface area contributed by atoms with E-state index in [-0.39, 0.29) is 6.04 Å². The average molecular weight is 201 g/mol. The van der Waals surface area contributed by atoms with Crippen LogP contribution in [0.4, 0.5) is 0 Å². The molecular formula is C13H15NO. The molecular weight excluding hydrogens is 186 g/mol. The minimum Gasteiger partial charge on any atom is -0.481 e. The molecule has 78 valence electrons. The zero-order chi connectivity index (χ0) is 10.7. The second-order valence-electron chi connectivity index (χ2n) is 3.72. The van der Waals surface area contributed by atoms with Gasteiger partial charge in [-0.15, -0.1) is 5.92 Å². The topological polar surface area (TPSA) is 35.2 Å². The van der Waals surface area contributed by atoms with Gasteiger partial charge in [-0.2, -0.15) is 0 Å². The van der Waals surface area contributed by atoms with E-state index in [1.165, 1.54) is 11.1 Å². The monoisotopic (exact) mass is 201 g/mol. The fraction of sp³-hybridized carbons (Fsp3) is 0.385. The molecule has 1 aliphatic rings. The van der Waals surface area contributed by atoms with Crippen LogP contribution in [0.3, 0.4) is 0 Å². The van der Waals surface area contributed by atoms with Crippen molar-refractivity contribution < 1.29 is 4.74 Å². The van der Waals surface area contributed by atoms with Gasteiger partial charge in [-0.1, -0.05) is 12.0 Å². The summed E-state index contributed by atoms with van der Waals surface area (Å²) in [5.74, 6) is 6.57. The van der Waals surface area contributed by atoms with Crippen LogP contribution < -0.4 is 10.5 Å². The molecule has 2 heteroatoms. The first-order chi connectivity index (χ1) is 7.31. The third kappa shape index (κ3) is 2.14. The van der Waals surface area contributed by atoms with Crippen LogP contribution in [0.2, 0.25) is 0 Å². The molecule has 0 spiro atoms. The van der Waals surface area contributed by atoms with Crippen LogP contribution in [-0.4, -0.2) is 6.61 Å². The highest BCUT2D eigenvalue weighted by Gasteiger charge is 2.18. The fourth-order valence-electron chi connectivity index (χ4n) is 1.91. The fourth-order valence-corrected chi connectivity index (χ4v) is 1.91. The van der Waals surface area contributed by atoms with Crippen molar-refractivity contribution in [1.29, 1.82) is 0 Å². The molecule has 2 rings (SSSR count). The highest BCUT2D eigenvalue weighted by molar-refractivity contribution is 5.40. The van der Waals surface area contributed by atoms with Gasteiger partial charge in [0.05, 0.1) is 0 Å². The van der Waals surface area contributed by atoms with Gasteiger partial charge in [0.15, 0.2) is 0 Å². The summed E-state index contributed by atoms with van der Waals surface area (Å²) >= 11 is 0. The van der Waals surface area contributed by atoms with Gasteiger partial charge in [-0.05, 0) is 43.0 Å². The van der Waals surface area contributed by atoms with Crippen molar-refractivity contribution in [3.05, 3.63) is 29.3 Å². The van der Waals surface area contributed by atoms with Gasteiger partial charge < -0.3 is 10.5 Å². The van der Waals surface area contributed by atoms with E-state index in [0.717, 1.165) is 18.6 Å². The number of benzene rings is 1. The first-order valence-electron chi connectivity index (χ1n) is 5.22. The second-order valence-corrected chi connectivity index (χ2v) is 3.72. The van der Waals surface area contributed by atoms with E-state index < -0.39 is 0 Å². The van der Waals surface area contributed by atoms with Crippen LogP contribution in [0, 0.1) is 11.8 Å². The van der Waals surface area contributed by atoms with E-state index in [0.29, 0.717) is 6.61 Å². The molecule has 0 bridgehead atoms. The smallest absolute Gasteiger partial charge is 0.149 e. The summed E-state index contributed by atoms with van der Waals surface area (Å²) in [4.78, 5) is 0. The Bertz CT molecular complexity index is 414. The largest absolute Gasteiger partial charge is 0.481 e. The van der Waals surface area contributed by atoms with E-state index in [1.54, 1.807) is 0 Å². The molecule has 0 aromatic heterocycles. The lowest BCUT2D eigenvalue weighted by Gasteiger charge is -2.07. The van der Waals surface area contributed by atoms with Gasteiger partial charge in [0, 0.05) is 6.04 Å². The highest BCUT2D eigenvalue weighted by atomic mass is 16.5. The first-order valence-corrected chi connectivity index (χ1v) is 5.22. The minimum absolute atomic E-state index is 0.212. The molecule has 2 N–H and O–H groups in total. The Balaban J connectivity index is 2.11. The van der Waals surface area contributed by atoms with Crippen molar-refractivity contribution in [2.45, 2.75) is 25.8 Å². The maximum absolute atomic E-state index is 5.95. The maximum atomic E-state index is 5.95. The Kier molecular flexibility index (Phi) is 2.94. The zero-order valence-electron chi connectivity index (χ0n) is 8.92. The van der Waals surface area contributed by atoms with Crippen molar-refractivity contribution in [3.8, 4) is 17.6 Å². The summed E-state index contributed by atoms with van der Waals surface area (Å²) in [6, 6.07) is 6.34. The van der Waals surface area contributed by atoms with Crippen molar-refractivity contribution in [1.82, 2.24) is 0 Å². The number of ether oxygens (including phenoxy) is 1. The SMILES string of the molecule is CC#CCOc1ccc2c(c1)CC[C@H]2N. The Morgan fingerprint density at radius 3 is 3.20 bits per heavy atom. The Labute approximate surface area is 90.4 Å². The molecule has 0 saturated carbocycles. The number of hydrogen-bond acceptors (Lipinski definition) is 2. The molecule has 0 radical (unpaired) electrons. The van der Waals surface area contributed by atoms with E-state index >= 15 is 0 Å². The highest BCUT2D eigenvalue weighted by Crippen LogP contribution is 2.31. The van der Waals surface area contributed by atoms with Crippen LogP contribution in [0.1, 0.15) is 30.5 Å². The van der Waals surface area contributed by atoms with Gasteiger partial charge in [-0.3, -0.25) is 0 Å². The van der Waals surface area contributed by atoms with Crippen LogP contribution >= 0.6 is 0 Å². The molecule has 0 aliphatic heterocycles. The lowest BCUT2D eigenvalue weighted by molar-refractivity contribution is 0.370. The summed E-state index contributed by atoms with van der Waals surface area (Å²) in [5, 5.41) is 0. The Morgan fingerprint density at radius 2 is 2.40 bits per heavy atom. The lowest BCUT2D eigenvalue weighted by atomic mass is 10.1. The Hall–Kier alpha value is -1.46. The summed E-state index contributed by atoms with van der Waals surface area (Å²) < 4.78 is 5.49. The number of hydrogen-bond donors (Lipinski definition) is 1. The summed E-state index contributed by atoms with van der Waals surface area (Å²) in [6.45, 7) is 2.27. The molecule has 2 nitrogen and oxygen atoms in total. The van der Waals surface area contributed by atoms with Crippen molar-refractivity contribution in [3.63, 3.8) is 0 Å². The quantitative estimate of drug-likeness (QED) is 0.743. The maximum Gasteiger partial charge on any atom is 0.149 e. The molecule has 0 unspecified atom stereocenters. The van der Waals surface area contributed by atoms with Gasteiger partial charge in [0.1, 0.15) is 12.4 Å². The van der Waals surface area contributed by atoms with Gasteiger partial charge >= 0.3 is 0 Å². The Morgan fingerprint density at radius 1 is 1.53 bits per heavy atom. The van der Waals surface area contributed by atoms with Crippen LogP contribution in [-0.2, 0) is 6.42 Å². The summed E-state index contributed by atoms with van der Waals surface area (Å²) in [5.41, 5.74) is 8.55. The minimum atomic E-state index is 0.212. The van der Waals surface area contributed by atoms with Crippen molar-refractivity contribution in [2.75, 3.05) is 6.61 Å². The van der Waals surface area contributed by atoms with E-state index in [4.69, 9.17) is 10.5 Å². The van der Waals surface area contributed by atoms with Crippen LogP contribution in [0.15, 0.2) is 18.2 Å². The molecule has 0 amide bonds. The molecule has 15 heavy (non-hydrogen) atoms. The van der Waals surface area contributed by atoms with Gasteiger partial charge in [0.2, 0.25) is 0 Å². The number of nitrogens with two attached hydrogens (primary N) is 1. The molecule has 1 atom stereocenters. The summed E-state index contributed by atoms with van der Waals surface area (Å²) in [7, 11) is 0. The van der Waals surface area contributed by atoms with E-state index in [2.05, 4.69) is 24.0 Å². The molecule has 0 heterocycles. The summed E-state index contributed by atoms with van der Waals surface area (Å²) in [6.07, 6.45) is 2.11. The zero-order valence-corrected chi connectivity index (χ0v) is 8.92. The van der Waals surface area contributed by atoms with Crippen LogP contribution in [0.5, 0.6) is 5.75 Å². The predicted molar refractivity (Wildman–Crippen MR) is 60.6 cm³/mol. The normalized spacial score (nSPS) is 17.9. The van der Waals surface area contributed by atoms with Crippen LogP contribution in [0.25, 0.3) is 0 Å². The van der Waals surface area contributed by atoms with E-state index in [9.17, 15) is 0 Å². The first kappa shape index (κ1) is 10.1. The van der Waals surface area contributed by atoms with Gasteiger partial charge in [0.25, 0.3) is 0 Å². The molecule has 0 fully saturated rings. The third-order valence-electron chi connectivity index (χ3n) is 2.73. The standard InChI is InChI=1S/C13H15NO/c1-2-3-8-15-11-5-6-12-10(9-11)4-7-13(12)14/h5-6,9,13H,4,7-8,14H2,1H3/t13-/m1/s1. The molecule has 0 saturated heterocycles. The van der Waals surface area contributed by atoms with Crippen molar-refractivity contribution in [2.24, 2.45) is 5.73 Å². The molecule has 1 aromatic rings. The number of aryl methyl sites for hydroxylation is 1. The molecule has 1 aliphatic carbocycles. The van der Waals surface area contributed by atoms with Crippen molar-refractivity contribution >= 4 is 0 Å².